The fourth-order valence-electron chi connectivity index (χ4n) is 3.93. The molecule has 0 fully saturated rings. The monoisotopic (exact) mass is 506 g/mol. The first-order valence-corrected chi connectivity index (χ1v) is 23.1. The van der Waals surface area contributed by atoms with Gasteiger partial charge in [0.05, 0.1) is 6.61 Å². The Morgan fingerprint density at radius 1 is 0.806 bits per heavy atom. The third-order valence-corrected chi connectivity index (χ3v) is 20.2. The average Bonchev–Trinajstić information content (AvgIpc) is 2.56. The predicted octanol–water partition coefficient (Wildman–Crippen LogP) is 6.96. The largest absolute Gasteiger partial charge is 0.505 e. The van der Waals surface area contributed by atoms with Crippen LogP contribution in [0.5, 0.6) is 11.5 Å². The number of unbranched alkanes of at least 4 members (excludes halogenated alkanes) is 1. The van der Waals surface area contributed by atoms with Gasteiger partial charge in [0.1, 0.15) is 5.75 Å². The fourth-order valence-corrected chi connectivity index (χ4v) is 23.4. The lowest BCUT2D eigenvalue weighted by Crippen LogP contribution is -2.56. The number of phenolic OH excluding ortho intramolecular Hbond substituents is 1. The number of ether oxygens (including phenoxy) is 1. The van der Waals surface area contributed by atoms with Crippen LogP contribution in [-0.4, -0.2) is 45.5 Å². The summed E-state index contributed by atoms with van der Waals surface area (Å²) in [6.07, 6.45) is 3.22. The minimum atomic E-state index is -2.34. The average molecular weight is 507 g/mol. The normalized spacial score (nSPS) is 13.5. The van der Waals surface area contributed by atoms with Crippen LogP contribution in [0, 0.1) is 5.82 Å². The molecule has 0 atom stereocenters. The number of aromatic hydroxyl groups is 1. The lowest BCUT2D eigenvalue weighted by atomic mass is 10.3. The molecule has 1 aromatic carbocycles. The lowest BCUT2D eigenvalue weighted by molar-refractivity contribution is 0.306. The number of hydrogen-bond donors (Lipinski definition) is 1. The zero-order valence-corrected chi connectivity index (χ0v) is 24.9. The standard InChI is InChI=1S/C21H43FO5Si4/c1-10-11-16-28(2,3)25-30(6,7)27-31(8,9)26-29(4,5)17-12-15-24-19-13-14-21(23)20(22)18-19/h13-14,18,23H,10-12,15-17H2,1-9H3. The Morgan fingerprint density at radius 3 is 1.81 bits per heavy atom. The SMILES string of the molecule is CCCC[Si](C)(C)O[Si](C)(C)O[Si](C)(C)O[Si](C)(C)CCCOc1ccc(O)c(F)c1. The van der Waals surface area contributed by atoms with Gasteiger partial charge in [-0.25, -0.2) is 4.39 Å². The number of halogens is 1. The zero-order valence-electron chi connectivity index (χ0n) is 20.9. The first kappa shape index (κ1) is 28.5. The van der Waals surface area contributed by atoms with Crippen LogP contribution < -0.4 is 4.74 Å². The zero-order chi connectivity index (χ0) is 23.9. The van der Waals surface area contributed by atoms with Gasteiger partial charge in [0.15, 0.2) is 28.2 Å². The molecule has 0 aliphatic rings. The maximum atomic E-state index is 13.4. The van der Waals surface area contributed by atoms with Crippen LogP contribution in [0.1, 0.15) is 26.2 Å². The van der Waals surface area contributed by atoms with Crippen LogP contribution in [-0.2, 0) is 12.3 Å². The van der Waals surface area contributed by atoms with Crippen molar-refractivity contribution in [3.05, 3.63) is 24.0 Å². The molecule has 31 heavy (non-hydrogen) atoms. The summed E-state index contributed by atoms with van der Waals surface area (Å²) in [4.78, 5) is 0. The highest BCUT2D eigenvalue weighted by molar-refractivity contribution is 6.89. The molecule has 0 heterocycles. The van der Waals surface area contributed by atoms with E-state index in [0.29, 0.717) is 12.4 Å². The van der Waals surface area contributed by atoms with Crippen molar-refractivity contribution in [3.8, 4) is 11.5 Å². The Morgan fingerprint density at radius 2 is 1.32 bits per heavy atom. The molecular weight excluding hydrogens is 464 g/mol. The van der Waals surface area contributed by atoms with E-state index in [2.05, 4.69) is 59.3 Å². The molecule has 1 rings (SSSR count). The van der Waals surface area contributed by atoms with E-state index in [0.717, 1.165) is 18.5 Å². The molecule has 0 unspecified atom stereocenters. The van der Waals surface area contributed by atoms with Crippen LogP contribution in [0.25, 0.3) is 0 Å². The van der Waals surface area contributed by atoms with E-state index in [-0.39, 0.29) is 5.75 Å². The molecule has 1 aromatic rings. The topological polar surface area (TPSA) is 57.2 Å². The van der Waals surface area contributed by atoms with Crippen molar-refractivity contribution < 1.29 is 26.6 Å². The molecule has 0 saturated carbocycles. The summed E-state index contributed by atoms with van der Waals surface area (Å²) in [5, 5.41) is 9.26. The Hall–Kier alpha value is -0.502. The van der Waals surface area contributed by atoms with E-state index in [1.165, 1.54) is 25.0 Å². The minimum absolute atomic E-state index is 0.367. The molecule has 0 saturated heterocycles. The van der Waals surface area contributed by atoms with Gasteiger partial charge in [-0.2, -0.15) is 0 Å². The van der Waals surface area contributed by atoms with E-state index >= 15 is 0 Å². The van der Waals surface area contributed by atoms with Crippen LogP contribution in [0.3, 0.4) is 0 Å². The number of phenols is 1. The Bertz CT molecular complexity index is 698. The molecule has 0 bridgehead atoms. The van der Waals surface area contributed by atoms with Gasteiger partial charge < -0.3 is 22.2 Å². The quantitative estimate of drug-likeness (QED) is 0.218. The van der Waals surface area contributed by atoms with E-state index in [9.17, 15) is 9.50 Å². The highest BCUT2D eigenvalue weighted by Gasteiger charge is 2.43. The van der Waals surface area contributed by atoms with E-state index in [1.54, 1.807) is 6.07 Å². The second kappa shape index (κ2) is 11.6. The van der Waals surface area contributed by atoms with Crippen molar-refractivity contribution in [2.24, 2.45) is 0 Å². The molecule has 0 amide bonds. The summed E-state index contributed by atoms with van der Waals surface area (Å²) in [7, 11) is -8.30. The third kappa shape index (κ3) is 11.8. The summed E-state index contributed by atoms with van der Waals surface area (Å²) < 4.78 is 38.8. The number of rotatable bonds is 14. The van der Waals surface area contributed by atoms with Gasteiger partial charge in [-0.1, -0.05) is 19.8 Å². The summed E-state index contributed by atoms with van der Waals surface area (Å²) in [5.41, 5.74) is 0. The number of benzene rings is 1. The highest BCUT2D eigenvalue weighted by atomic mass is 28.5. The summed E-state index contributed by atoms with van der Waals surface area (Å²) >= 11 is 0. The smallest absolute Gasteiger partial charge is 0.312 e. The van der Waals surface area contributed by atoms with Gasteiger partial charge in [-0.15, -0.1) is 0 Å². The molecule has 0 aliphatic heterocycles. The maximum absolute atomic E-state index is 13.4. The van der Waals surface area contributed by atoms with Crippen LogP contribution in [0.4, 0.5) is 4.39 Å². The minimum Gasteiger partial charge on any atom is -0.505 e. The second-order valence-electron chi connectivity index (χ2n) is 10.3. The molecule has 1 N–H and O–H groups in total. The van der Waals surface area contributed by atoms with E-state index in [1.807, 2.05) is 0 Å². The van der Waals surface area contributed by atoms with Crippen molar-refractivity contribution in [2.75, 3.05) is 6.61 Å². The molecule has 0 aromatic heterocycles. The van der Waals surface area contributed by atoms with Gasteiger partial charge >= 0.3 is 17.1 Å². The van der Waals surface area contributed by atoms with Crippen molar-refractivity contribution in [2.45, 2.75) is 90.7 Å². The first-order chi connectivity index (χ1) is 14.1. The van der Waals surface area contributed by atoms with Crippen molar-refractivity contribution in [3.63, 3.8) is 0 Å². The van der Waals surface area contributed by atoms with Crippen molar-refractivity contribution in [1.29, 1.82) is 0 Å². The molecule has 180 valence electrons. The van der Waals surface area contributed by atoms with E-state index in [4.69, 9.17) is 17.1 Å². The number of hydrogen-bond acceptors (Lipinski definition) is 5. The predicted molar refractivity (Wildman–Crippen MR) is 136 cm³/mol. The van der Waals surface area contributed by atoms with E-state index < -0.39 is 39.6 Å². The molecule has 0 radical (unpaired) electrons. The van der Waals surface area contributed by atoms with Crippen LogP contribution in [0.2, 0.25) is 64.5 Å². The van der Waals surface area contributed by atoms with Gasteiger partial charge in [-0.05, 0) is 83.0 Å². The highest BCUT2D eigenvalue weighted by Crippen LogP contribution is 2.28. The Balaban J connectivity index is 2.53. The van der Waals surface area contributed by atoms with Gasteiger partial charge in [0, 0.05) is 6.07 Å². The molecule has 10 heteroatoms. The molecule has 0 aliphatic carbocycles. The molecular formula is C21H43FO5Si4. The van der Waals surface area contributed by atoms with Gasteiger partial charge in [0.2, 0.25) is 0 Å². The lowest BCUT2D eigenvalue weighted by Gasteiger charge is -2.41. The van der Waals surface area contributed by atoms with Crippen LogP contribution >= 0.6 is 0 Å². The van der Waals surface area contributed by atoms with Crippen molar-refractivity contribution >= 4 is 33.8 Å². The summed E-state index contributed by atoms with van der Waals surface area (Å²) in [6, 6.07) is 6.16. The summed E-state index contributed by atoms with van der Waals surface area (Å²) in [5.74, 6) is -0.614. The van der Waals surface area contributed by atoms with Gasteiger partial charge in [0.25, 0.3) is 0 Å². The molecule has 0 spiro atoms. The second-order valence-corrected chi connectivity index (χ2v) is 26.4. The van der Waals surface area contributed by atoms with Gasteiger partial charge in [-0.3, -0.25) is 0 Å². The summed E-state index contributed by atoms with van der Waals surface area (Å²) in [6.45, 7) is 20.2. The fraction of sp³-hybridized carbons (Fsp3) is 0.714. The first-order valence-electron chi connectivity index (χ1n) is 11.3. The van der Waals surface area contributed by atoms with Crippen molar-refractivity contribution in [1.82, 2.24) is 0 Å². The Kier molecular flexibility index (Phi) is 10.7. The molecule has 5 nitrogen and oxygen atoms in total. The van der Waals surface area contributed by atoms with Crippen LogP contribution in [0.15, 0.2) is 18.2 Å². The Labute approximate surface area is 193 Å². The third-order valence-electron chi connectivity index (χ3n) is 4.78. The maximum Gasteiger partial charge on any atom is 0.312 e.